The summed E-state index contributed by atoms with van der Waals surface area (Å²) in [6.45, 7) is 3.61. The molecule has 2 aromatic rings. The molecule has 0 aromatic carbocycles. The molecule has 0 aliphatic carbocycles. The van der Waals surface area contributed by atoms with E-state index in [0.717, 1.165) is 5.56 Å². The molecule has 0 spiro atoms. The maximum atomic E-state index is 5.75. The van der Waals surface area contributed by atoms with Crippen LogP contribution in [-0.2, 0) is 0 Å². The monoisotopic (exact) mass is 231 g/mol. The first-order valence-electron chi connectivity index (χ1n) is 4.83. The van der Waals surface area contributed by atoms with Gasteiger partial charge in [0.15, 0.2) is 5.82 Å². The van der Waals surface area contributed by atoms with E-state index in [2.05, 4.69) is 22.0 Å². The van der Waals surface area contributed by atoms with Crippen molar-refractivity contribution in [1.82, 2.24) is 14.5 Å². The van der Waals surface area contributed by atoms with Crippen LogP contribution in [0.1, 0.15) is 0 Å². The largest absolute Gasteiger partial charge is 0.396 e. The SMILES string of the molecule is C=C(N)n1cnc(-c2cnc(NN)c(N)c2)c1. The van der Waals surface area contributed by atoms with E-state index in [1.165, 1.54) is 0 Å². The van der Waals surface area contributed by atoms with E-state index >= 15 is 0 Å². The average molecular weight is 231 g/mol. The second-order valence-corrected chi connectivity index (χ2v) is 3.46. The van der Waals surface area contributed by atoms with Gasteiger partial charge in [0.05, 0.1) is 11.4 Å². The Morgan fingerprint density at radius 3 is 2.71 bits per heavy atom. The fourth-order valence-corrected chi connectivity index (χ4v) is 1.37. The summed E-state index contributed by atoms with van der Waals surface area (Å²) in [5.41, 5.74) is 15.6. The Morgan fingerprint density at radius 2 is 2.18 bits per heavy atom. The number of nitrogens with one attached hydrogen (secondary N) is 1. The Balaban J connectivity index is 2.39. The van der Waals surface area contributed by atoms with E-state index in [1.807, 2.05) is 0 Å². The molecular formula is C10H13N7. The first kappa shape index (κ1) is 11.0. The van der Waals surface area contributed by atoms with Gasteiger partial charge in [0.1, 0.15) is 12.1 Å². The lowest BCUT2D eigenvalue weighted by Crippen LogP contribution is -2.10. The van der Waals surface area contributed by atoms with Crippen LogP contribution >= 0.6 is 0 Å². The smallest absolute Gasteiger partial charge is 0.163 e. The Kier molecular flexibility index (Phi) is 2.67. The lowest BCUT2D eigenvalue weighted by molar-refractivity contribution is 1.07. The summed E-state index contributed by atoms with van der Waals surface area (Å²) in [5.74, 6) is 6.06. The summed E-state index contributed by atoms with van der Waals surface area (Å²) in [4.78, 5) is 8.24. The first-order chi connectivity index (χ1) is 8.11. The van der Waals surface area contributed by atoms with Crippen LogP contribution in [0, 0.1) is 0 Å². The van der Waals surface area contributed by atoms with Crippen LogP contribution in [0.4, 0.5) is 11.5 Å². The minimum Gasteiger partial charge on any atom is -0.396 e. The van der Waals surface area contributed by atoms with Crippen molar-refractivity contribution in [3.63, 3.8) is 0 Å². The summed E-state index contributed by atoms with van der Waals surface area (Å²) in [6, 6.07) is 1.73. The standard InChI is InChI=1S/C10H13N7/c1-6(11)17-4-9(15-5-17)7-2-8(12)10(16-13)14-3-7/h2-5H,1,11-13H2,(H,14,16). The van der Waals surface area contributed by atoms with Gasteiger partial charge in [0.2, 0.25) is 0 Å². The van der Waals surface area contributed by atoms with Crippen molar-refractivity contribution in [3.8, 4) is 11.3 Å². The van der Waals surface area contributed by atoms with Gasteiger partial charge in [-0.3, -0.25) is 4.57 Å². The average Bonchev–Trinajstić information content (AvgIpc) is 2.78. The predicted octanol–water partition coefficient (Wildman–Crippen LogP) is 0.200. The summed E-state index contributed by atoms with van der Waals surface area (Å²) in [7, 11) is 0. The third-order valence-corrected chi connectivity index (χ3v) is 2.26. The molecule has 0 radical (unpaired) electrons. The van der Waals surface area contributed by atoms with Gasteiger partial charge in [-0.1, -0.05) is 6.58 Å². The maximum Gasteiger partial charge on any atom is 0.163 e. The Labute approximate surface area is 97.9 Å². The quantitative estimate of drug-likeness (QED) is 0.442. The Bertz CT molecular complexity index is 558. The van der Waals surface area contributed by atoms with Crippen LogP contribution in [0.5, 0.6) is 0 Å². The third kappa shape index (κ3) is 2.04. The Morgan fingerprint density at radius 1 is 1.41 bits per heavy atom. The van der Waals surface area contributed by atoms with Crippen molar-refractivity contribution in [1.29, 1.82) is 0 Å². The zero-order chi connectivity index (χ0) is 12.4. The first-order valence-corrected chi connectivity index (χ1v) is 4.83. The van der Waals surface area contributed by atoms with Gasteiger partial charge in [0, 0.05) is 18.0 Å². The van der Waals surface area contributed by atoms with Crippen molar-refractivity contribution in [2.24, 2.45) is 11.6 Å². The van der Waals surface area contributed by atoms with Gasteiger partial charge in [-0.2, -0.15) is 0 Å². The van der Waals surface area contributed by atoms with Crippen molar-refractivity contribution < 1.29 is 0 Å². The fraction of sp³-hybridized carbons (Fsp3) is 0. The van der Waals surface area contributed by atoms with Crippen molar-refractivity contribution >= 4 is 17.3 Å². The molecule has 2 aromatic heterocycles. The number of hydrazine groups is 1. The van der Waals surface area contributed by atoms with Gasteiger partial charge in [-0.15, -0.1) is 0 Å². The number of hydrogen-bond donors (Lipinski definition) is 4. The van der Waals surface area contributed by atoms with Gasteiger partial charge in [0.25, 0.3) is 0 Å². The van der Waals surface area contributed by atoms with E-state index in [0.29, 0.717) is 23.0 Å². The van der Waals surface area contributed by atoms with Gasteiger partial charge < -0.3 is 16.9 Å². The Hall–Kier alpha value is -2.54. The lowest BCUT2D eigenvalue weighted by Gasteiger charge is -2.04. The molecule has 2 heterocycles. The molecule has 88 valence electrons. The van der Waals surface area contributed by atoms with Gasteiger partial charge in [-0.25, -0.2) is 15.8 Å². The molecule has 2 rings (SSSR count). The summed E-state index contributed by atoms with van der Waals surface area (Å²) in [5, 5.41) is 0. The van der Waals surface area contributed by atoms with E-state index in [9.17, 15) is 0 Å². The van der Waals surface area contributed by atoms with Crippen LogP contribution in [0.25, 0.3) is 17.1 Å². The van der Waals surface area contributed by atoms with Crippen molar-refractivity contribution in [2.45, 2.75) is 0 Å². The molecule has 0 saturated heterocycles. The number of imidazole rings is 1. The molecule has 7 heteroatoms. The number of nitrogens with zero attached hydrogens (tertiary/aromatic N) is 3. The molecular weight excluding hydrogens is 218 g/mol. The topological polar surface area (TPSA) is 121 Å². The molecule has 0 aliphatic heterocycles. The highest BCUT2D eigenvalue weighted by molar-refractivity contribution is 5.70. The zero-order valence-corrected chi connectivity index (χ0v) is 9.09. The summed E-state index contributed by atoms with van der Waals surface area (Å²) < 4.78 is 1.61. The minimum absolute atomic E-state index is 0.393. The summed E-state index contributed by atoms with van der Waals surface area (Å²) in [6.07, 6.45) is 4.94. The normalized spacial score (nSPS) is 10.2. The number of nitrogens with two attached hydrogens (primary N) is 3. The van der Waals surface area contributed by atoms with Crippen LogP contribution in [-0.4, -0.2) is 14.5 Å². The summed E-state index contributed by atoms with van der Waals surface area (Å²) >= 11 is 0. The number of hydrogen-bond acceptors (Lipinski definition) is 6. The van der Waals surface area contributed by atoms with Crippen LogP contribution in [0.3, 0.4) is 0 Å². The molecule has 0 saturated carbocycles. The third-order valence-electron chi connectivity index (χ3n) is 2.26. The highest BCUT2D eigenvalue weighted by Gasteiger charge is 2.06. The molecule has 0 fully saturated rings. The molecule has 0 atom stereocenters. The number of pyridine rings is 1. The molecule has 7 nitrogen and oxygen atoms in total. The van der Waals surface area contributed by atoms with Crippen LogP contribution in [0.2, 0.25) is 0 Å². The minimum atomic E-state index is 0.393. The molecule has 0 aliphatic rings. The molecule has 0 unspecified atom stereocenters. The second-order valence-electron chi connectivity index (χ2n) is 3.46. The van der Waals surface area contributed by atoms with Crippen LogP contribution < -0.4 is 22.7 Å². The number of rotatable bonds is 3. The van der Waals surface area contributed by atoms with Crippen LogP contribution in [0.15, 0.2) is 31.4 Å². The highest BCUT2D eigenvalue weighted by atomic mass is 15.3. The van der Waals surface area contributed by atoms with E-state index in [1.54, 1.807) is 29.4 Å². The van der Waals surface area contributed by atoms with Gasteiger partial charge >= 0.3 is 0 Å². The van der Waals surface area contributed by atoms with E-state index in [-0.39, 0.29) is 0 Å². The lowest BCUT2D eigenvalue weighted by atomic mass is 10.2. The molecule has 17 heavy (non-hydrogen) atoms. The fourth-order valence-electron chi connectivity index (χ4n) is 1.37. The molecule has 7 N–H and O–H groups in total. The van der Waals surface area contributed by atoms with E-state index in [4.69, 9.17) is 17.3 Å². The van der Waals surface area contributed by atoms with E-state index < -0.39 is 0 Å². The highest BCUT2D eigenvalue weighted by Crippen LogP contribution is 2.22. The van der Waals surface area contributed by atoms with Crippen molar-refractivity contribution in [3.05, 3.63) is 31.4 Å². The number of nitrogen functional groups attached to an aromatic ring is 2. The predicted molar refractivity (Wildman–Crippen MR) is 67.2 cm³/mol. The maximum absolute atomic E-state index is 5.75. The van der Waals surface area contributed by atoms with Gasteiger partial charge in [-0.05, 0) is 6.07 Å². The second kappa shape index (κ2) is 4.14. The molecule has 0 amide bonds. The van der Waals surface area contributed by atoms with Crippen molar-refractivity contribution in [2.75, 3.05) is 11.2 Å². The molecule has 0 bridgehead atoms. The number of anilines is 2. The zero-order valence-electron chi connectivity index (χ0n) is 9.09. The number of aromatic nitrogens is 3.